The molecule has 1 heterocycles. The van der Waals surface area contributed by atoms with E-state index >= 15 is 0 Å². The second-order valence-electron chi connectivity index (χ2n) is 4.85. The zero-order valence-corrected chi connectivity index (χ0v) is 12.4. The number of benzene rings is 1. The van der Waals surface area contributed by atoms with Crippen LogP contribution in [-0.2, 0) is 13.6 Å². The lowest BCUT2D eigenvalue weighted by atomic mass is 10.1. The van der Waals surface area contributed by atoms with Gasteiger partial charge in [-0.15, -0.1) is 0 Å². The maximum Gasteiger partial charge on any atom is 0.253 e. The quantitative estimate of drug-likeness (QED) is 0.929. The summed E-state index contributed by atoms with van der Waals surface area (Å²) < 4.78 is 7.22. The average Bonchev–Trinajstić information content (AvgIpc) is 2.77. The number of nitrogens with one attached hydrogen (secondary N) is 1. The third kappa shape index (κ3) is 2.69. The molecule has 0 saturated heterocycles. The number of rotatable bonds is 4. The van der Waals surface area contributed by atoms with Crippen molar-refractivity contribution in [3.63, 3.8) is 0 Å². The molecule has 0 aliphatic rings. The predicted octanol–water partition coefficient (Wildman–Crippen LogP) is 2.58. The van der Waals surface area contributed by atoms with Crippen LogP contribution in [0.5, 0.6) is 5.75 Å². The first-order chi connectivity index (χ1) is 9.54. The van der Waals surface area contributed by atoms with E-state index in [-0.39, 0.29) is 5.91 Å². The number of amides is 1. The number of carbonyl (C=O) groups excluding carboxylic acids is 1. The lowest BCUT2D eigenvalue weighted by molar-refractivity contribution is 0.0950. The molecule has 0 radical (unpaired) electrons. The first kappa shape index (κ1) is 14.2. The fourth-order valence-corrected chi connectivity index (χ4v) is 2.19. The van der Waals surface area contributed by atoms with Gasteiger partial charge in [0.1, 0.15) is 5.75 Å². The van der Waals surface area contributed by atoms with Crippen molar-refractivity contribution in [3.8, 4) is 5.75 Å². The molecule has 4 heteroatoms. The van der Waals surface area contributed by atoms with E-state index < -0.39 is 0 Å². The van der Waals surface area contributed by atoms with Crippen LogP contribution in [0.15, 0.2) is 30.5 Å². The molecule has 0 fully saturated rings. The fraction of sp³-hybridized carbons (Fsp3) is 0.312. The van der Waals surface area contributed by atoms with E-state index in [4.69, 9.17) is 4.74 Å². The second kappa shape index (κ2) is 5.82. The van der Waals surface area contributed by atoms with Crippen molar-refractivity contribution in [1.82, 2.24) is 9.88 Å². The molecule has 0 saturated carbocycles. The minimum absolute atomic E-state index is 0.0506. The minimum Gasteiger partial charge on any atom is -0.496 e. The summed E-state index contributed by atoms with van der Waals surface area (Å²) in [5, 5.41) is 2.95. The third-order valence-electron chi connectivity index (χ3n) is 3.68. The van der Waals surface area contributed by atoms with Gasteiger partial charge in [-0.2, -0.15) is 0 Å². The standard InChI is InChI=1S/C16H20N2O2/c1-11-13(6-5-7-15(11)20-4)10-17-16(19)14-8-9-18(3)12(14)2/h5-9H,10H2,1-4H3,(H,17,19). The normalized spacial score (nSPS) is 10.4. The Morgan fingerprint density at radius 1 is 1.30 bits per heavy atom. The topological polar surface area (TPSA) is 43.3 Å². The Morgan fingerprint density at radius 3 is 2.65 bits per heavy atom. The van der Waals surface area contributed by atoms with Gasteiger partial charge in [-0.3, -0.25) is 4.79 Å². The molecule has 2 rings (SSSR count). The van der Waals surface area contributed by atoms with Crippen molar-refractivity contribution in [2.24, 2.45) is 7.05 Å². The molecule has 1 N–H and O–H groups in total. The van der Waals surface area contributed by atoms with E-state index in [9.17, 15) is 4.79 Å². The summed E-state index contributed by atoms with van der Waals surface area (Å²) in [7, 11) is 3.58. The Kier molecular flexibility index (Phi) is 4.13. The van der Waals surface area contributed by atoms with Gasteiger partial charge in [0.05, 0.1) is 12.7 Å². The lowest BCUT2D eigenvalue weighted by Gasteiger charge is -2.11. The molecule has 20 heavy (non-hydrogen) atoms. The largest absolute Gasteiger partial charge is 0.496 e. The van der Waals surface area contributed by atoms with Crippen LogP contribution in [0.3, 0.4) is 0 Å². The van der Waals surface area contributed by atoms with Gasteiger partial charge in [-0.1, -0.05) is 12.1 Å². The van der Waals surface area contributed by atoms with E-state index in [1.165, 1.54) is 0 Å². The van der Waals surface area contributed by atoms with Gasteiger partial charge >= 0.3 is 0 Å². The molecule has 106 valence electrons. The van der Waals surface area contributed by atoms with E-state index in [0.717, 1.165) is 22.6 Å². The second-order valence-corrected chi connectivity index (χ2v) is 4.85. The van der Waals surface area contributed by atoms with Crippen molar-refractivity contribution >= 4 is 5.91 Å². The highest BCUT2D eigenvalue weighted by Crippen LogP contribution is 2.20. The van der Waals surface area contributed by atoms with Gasteiger partial charge in [-0.05, 0) is 37.1 Å². The first-order valence-corrected chi connectivity index (χ1v) is 6.57. The molecule has 2 aromatic rings. The third-order valence-corrected chi connectivity index (χ3v) is 3.68. The number of hydrogen-bond acceptors (Lipinski definition) is 2. The molecule has 1 aromatic heterocycles. The number of hydrogen-bond donors (Lipinski definition) is 1. The van der Waals surface area contributed by atoms with E-state index in [1.807, 2.05) is 55.9 Å². The predicted molar refractivity (Wildman–Crippen MR) is 79.1 cm³/mol. The van der Waals surface area contributed by atoms with E-state index in [1.54, 1.807) is 7.11 Å². The number of ether oxygens (including phenoxy) is 1. The molecule has 0 aliphatic heterocycles. The molecule has 0 unspecified atom stereocenters. The average molecular weight is 272 g/mol. The maximum atomic E-state index is 12.2. The van der Waals surface area contributed by atoms with Crippen LogP contribution in [0, 0.1) is 13.8 Å². The maximum absolute atomic E-state index is 12.2. The SMILES string of the molecule is COc1cccc(CNC(=O)c2ccn(C)c2C)c1C. The van der Waals surface area contributed by atoms with Crippen LogP contribution in [0.1, 0.15) is 27.2 Å². The molecular weight excluding hydrogens is 252 g/mol. The molecule has 1 amide bonds. The molecule has 0 spiro atoms. The Bertz CT molecular complexity index is 629. The number of methoxy groups -OCH3 is 1. The number of nitrogens with zero attached hydrogens (tertiary/aromatic N) is 1. The van der Waals surface area contributed by atoms with Gasteiger partial charge in [0.15, 0.2) is 0 Å². The van der Waals surface area contributed by atoms with Crippen LogP contribution >= 0.6 is 0 Å². The summed E-state index contributed by atoms with van der Waals surface area (Å²) in [5.41, 5.74) is 3.80. The van der Waals surface area contributed by atoms with E-state index in [0.29, 0.717) is 12.1 Å². The zero-order valence-electron chi connectivity index (χ0n) is 12.4. The summed E-state index contributed by atoms with van der Waals surface area (Å²) >= 11 is 0. The number of aromatic nitrogens is 1. The molecule has 0 bridgehead atoms. The summed E-state index contributed by atoms with van der Waals surface area (Å²) in [6.07, 6.45) is 1.89. The summed E-state index contributed by atoms with van der Waals surface area (Å²) in [5.74, 6) is 0.790. The monoisotopic (exact) mass is 272 g/mol. The van der Waals surface area contributed by atoms with Crippen LogP contribution in [-0.4, -0.2) is 17.6 Å². The zero-order chi connectivity index (χ0) is 14.7. The van der Waals surface area contributed by atoms with Crippen molar-refractivity contribution in [1.29, 1.82) is 0 Å². The summed E-state index contributed by atoms with van der Waals surface area (Å²) in [4.78, 5) is 12.2. The highest BCUT2D eigenvalue weighted by Gasteiger charge is 2.12. The van der Waals surface area contributed by atoms with Gasteiger partial charge in [-0.25, -0.2) is 0 Å². The van der Waals surface area contributed by atoms with Crippen LogP contribution in [0.2, 0.25) is 0 Å². The van der Waals surface area contributed by atoms with E-state index in [2.05, 4.69) is 5.32 Å². The summed E-state index contributed by atoms with van der Waals surface area (Å²) in [6, 6.07) is 7.68. The van der Waals surface area contributed by atoms with Crippen molar-refractivity contribution in [2.75, 3.05) is 7.11 Å². The highest BCUT2D eigenvalue weighted by molar-refractivity contribution is 5.95. The fourth-order valence-electron chi connectivity index (χ4n) is 2.19. The molecule has 4 nitrogen and oxygen atoms in total. The van der Waals surface area contributed by atoms with Crippen LogP contribution in [0.25, 0.3) is 0 Å². The smallest absolute Gasteiger partial charge is 0.253 e. The van der Waals surface area contributed by atoms with Crippen molar-refractivity contribution in [2.45, 2.75) is 20.4 Å². The lowest BCUT2D eigenvalue weighted by Crippen LogP contribution is -2.23. The Balaban J connectivity index is 2.09. The summed E-state index contributed by atoms with van der Waals surface area (Å²) in [6.45, 7) is 4.43. The van der Waals surface area contributed by atoms with Gasteiger partial charge < -0.3 is 14.6 Å². The number of aryl methyl sites for hydroxylation is 1. The Labute approximate surface area is 119 Å². The van der Waals surface area contributed by atoms with Crippen molar-refractivity contribution in [3.05, 3.63) is 52.8 Å². The van der Waals surface area contributed by atoms with Gasteiger partial charge in [0.25, 0.3) is 5.91 Å². The minimum atomic E-state index is -0.0506. The van der Waals surface area contributed by atoms with Crippen LogP contribution in [0.4, 0.5) is 0 Å². The number of carbonyl (C=O) groups is 1. The molecule has 0 aliphatic carbocycles. The van der Waals surface area contributed by atoms with Gasteiger partial charge in [0.2, 0.25) is 0 Å². The molecule has 1 aromatic carbocycles. The highest BCUT2D eigenvalue weighted by atomic mass is 16.5. The molecule has 0 atom stereocenters. The van der Waals surface area contributed by atoms with Gasteiger partial charge in [0, 0.05) is 25.5 Å². The Morgan fingerprint density at radius 2 is 2.05 bits per heavy atom. The Hall–Kier alpha value is -2.23. The first-order valence-electron chi connectivity index (χ1n) is 6.57. The van der Waals surface area contributed by atoms with Crippen molar-refractivity contribution < 1.29 is 9.53 Å². The molecular formula is C16H20N2O2. The van der Waals surface area contributed by atoms with Crippen LogP contribution < -0.4 is 10.1 Å².